The molecule has 0 saturated heterocycles. The van der Waals surface area contributed by atoms with Gasteiger partial charge in [-0.15, -0.1) is 11.3 Å². The number of nitrogens with zero attached hydrogens (tertiary/aromatic N) is 1. The average molecular weight is 345 g/mol. The molecule has 9 heteroatoms. The second kappa shape index (κ2) is 6.25. The Kier molecular flexibility index (Phi) is 4.61. The lowest BCUT2D eigenvalue weighted by molar-refractivity contribution is -0.131. The van der Waals surface area contributed by atoms with Gasteiger partial charge in [-0.2, -0.15) is 0 Å². The lowest BCUT2D eigenvalue weighted by atomic mass is 10.3. The molecule has 2 aromatic heterocycles. The van der Waals surface area contributed by atoms with E-state index >= 15 is 0 Å². The third kappa shape index (κ3) is 4.28. The number of carboxylic acid groups (broad SMARTS) is 1. The van der Waals surface area contributed by atoms with Gasteiger partial charge in [-0.25, -0.2) is 18.2 Å². The number of sulfonamides is 1. The molecule has 0 aliphatic heterocycles. The number of anilines is 1. The van der Waals surface area contributed by atoms with Crippen molar-refractivity contribution in [1.82, 2.24) is 4.98 Å². The summed E-state index contributed by atoms with van der Waals surface area (Å²) in [5.74, 6) is -1.02. The number of nitrogens with one attached hydrogen (secondary N) is 1. The summed E-state index contributed by atoms with van der Waals surface area (Å²) in [5.41, 5.74) is 0.321. The second-order valence-electron chi connectivity index (χ2n) is 3.78. The smallest absolute Gasteiger partial charge is 0.328 e. The van der Waals surface area contributed by atoms with Crippen molar-refractivity contribution >= 4 is 50.8 Å². The van der Waals surface area contributed by atoms with Gasteiger partial charge >= 0.3 is 5.97 Å². The quantitative estimate of drug-likeness (QED) is 0.813. The third-order valence-corrected chi connectivity index (χ3v) is 5.30. The van der Waals surface area contributed by atoms with E-state index in [0.717, 1.165) is 17.4 Å². The first-order chi connectivity index (χ1) is 9.87. The van der Waals surface area contributed by atoms with E-state index in [0.29, 0.717) is 10.0 Å². The Labute approximate surface area is 129 Å². The maximum atomic E-state index is 12.1. The summed E-state index contributed by atoms with van der Waals surface area (Å²) in [6, 6.07) is 7.46. The lowest BCUT2D eigenvalue weighted by Gasteiger charge is -2.05. The standard InChI is InChI=1S/C12H9ClN2O4S2/c13-9-5-7-12(20-9)21(18,19)15-10-3-1-2-8(14-10)4-6-11(16)17/h1-7H,(H,14,15)(H,16,17). The molecule has 2 heterocycles. The minimum atomic E-state index is -3.76. The molecule has 110 valence electrons. The summed E-state index contributed by atoms with van der Waals surface area (Å²) < 4.78 is 26.9. The predicted octanol–water partition coefficient (Wildman–Crippen LogP) is 2.70. The molecular formula is C12H9ClN2O4S2. The highest BCUT2D eigenvalue weighted by molar-refractivity contribution is 7.94. The molecule has 0 aliphatic carbocycles. The number of aliphatic carboxylic acids is 1. The second-order valence-corrected chi connectivity index (χ2v) is 7.41. The molecule has 0 fully saturated rings. The Morgan fingerprint density at radius 2 is 2.10 bits per heavy atom. The van der Waals surface area contributed by atoms with Crippen LogP contribution in [0.3, 0.4) is 0 Å². The van der Waals surface area contributed by atoms with Crippen LogP contribution in [0.1, 0.15) is 5.69 Å². The number of aromatic nitrogens is 1. The van der Waals surface area contributed by atoms with Crippen LogP contribution in [0.4, 0.5) is 5.82 Å². The van der Waals surface area contributed by atoms with E-state index in [1.54, 1.807) is 12.1 Å². The predicted molar refractivity (Wildman–Crippen MR) is 81.0 cm³/mol. The van der Waals surface area contributed by atoms with Gasteiger partial charge in [-0.05, 0) is 30.3 Å². The number of rotatable bonds is 5. The van der Waals surface area contributed by atoms with Gasteiger partial charge in [0.15, 0.2) is 0 Å². The van der Waals surface area contributed by atoms with E-state index < -0.39 is 16.0 Å². The van der Waals surface area contributed by atoms with E-state index in [2.05, 4.69) is 9.71 Å². The van der Waals surface area contributed by atoms with Gasteiger partial charge in [0.05, 0.1) is 10.0 Å². The Morgan fingerprint density at radius 1 is 1.33 bits per heavy atom. The molecule has 0 atom stereocenters. The maximum absolute atomic E-state index is 12.1. The molecule has 0 aromatic carbocycles. The highest BCUT2D eigenvalue weighted by Crippen LogP contribution is 2.26. The van der Waals surface area contributed by atoms with Crippen molar-refractivity contribution in [2.24, 2.45) is 0 Å². The highest BCUT2D eigenvalue weighted by atomic mass is 35.5. The molecule has 0 saturated carbocycles. The van der Waals surface area contributed by atoms with Gasteiger partial charge < -0.3 is 5.11 Å². The van der Waals surface area contributed by atoms with Crippen molar-refractivity contribution < 1.29 is 18.3 Å². The molecule has 2 rings (SSSR count). The monoisotopic (exact) mass is 344 g/mol. The number of halogens is 1. The molecule has 2 N–H and O–H groups in total. The van der Waals surface area contributed by atoms with Gasteiger partial charge in [0.1, 0.15) is 10.0 Å². The number of thiophene rings is 1. The van der Waals surface area contributed by atoms with Crippen molar-refractivity contribution in [3.8, 4) is 0 Å². The summed E-state index contributed by atoms with van der Waals surface area (Å²) >= 11 is 6.64. The minimum absolute atomic E-state index is 0.0702. The van der Waals surface area contributed by atoms with E-state index in [1.807, 2.05) is 0 Å². The van der Waals surface area contributed by atoms with Gasteiger partial charge in [0.2, 0.25) is 0 Å². The van der Waals surface area contributed by atoms with E-state index in [9.17, 15) is 13.2 Å². The fourth-order valence-corrected chi connectivity index (χ4v) is 3.87. The summed E-state index contributed by atoms with van der Waals surface area (Å²) in [6.07, 6.45) is 2.18. The van der Waals surface area contributed by atoms with Crippen LogP contribution in [0.2, 0.25) is 4.34 Å². The Morgan fingerprint density at radius 3 is 2.71 bits per heavy atom. The van der Waals surface area contributed by atoms with E-state index in [1.165, 1.54) is 24.3 Å². The maximum Gasteiger partial charge on any atom is 0.328 e. The third-order valence-electron chi connectivity index (χ3n) is 2.22. The van der Waals surface area contributed by atoms with Gasteiger partial charge in [0, 0.05) is 6.08 Å². The zero-order chi connectivity index (χ0) is 15.5. The lowest BCUT2D eigenvalue weighted by Crippen LogP contribution is -2.12. The molecular weight excluding hydrogens is 336 g/mol. The molecule has 6 nitrogen and oxygen atoms in total. The van der Waals surface area contributed by atoms with Crippen molar-refractivity contribution in [2.75, 3.05) is 4.72 Å². The molecule has 0 aliphatic rings. The largest absolute Gasteiger partial charge is 0.478 e. The van der Waals surface area contributed by atoms with Gasteiger partial charge in [-0.1, -0.05) is 17.7 Å². The molecule has 2 aromatic rings. The number of hydrogen-bond donors (Lipinski definition) is 2. The Hall–Kier alpha value is -1.90. The molecule has 0 unspecified atom stereocenters. The van der Waals surface area contributed by atoms with Crippen molar-refractivity contribution in [1.29, 1.82) is 0 Å². The van der Waals surface area contributed by atoms with E-state index in [-0.39, 0.29) is 10.0 Å². The van der Waals surface area contributed by atoms with Crippen LogP contribution in [0.15, 0.2) is 40.6 Å². The number of hydrogen-bond acceptors (Lipinski definition) is 5. The molecule has 0 amide bonds. The SMILES string of the molecule is O=C(O)C=Cc1cccc(NS(=O)(=O)c2ccc(Cl)s2)n1. The average Bonchev–Trinajstić information content (AvgIpc) is 2.84. The first-order valence-corrected chi connectivity index (χ1v) is 8.21. The van der Waals surface area contributed by atoms with Crippen molar-refractivity contribution in [3.05, 3.63) is 46.4 Å². The number of carboxylic acids is 1. The zero-order valence-corrected chi connectivity index (χ0v) is 12.7. The van der Waals surface area contributed by atoms with Gasteiger partial charge in [-0.3, -0.25) is 4.72 Å². The topological polar surface area (TPSA) is 96.4 Å². The zero-order valence-electron chi connectivity index (χ0n) is 10.4. The summed E-state index contributed by atoms with van der Waals surface area (Å²) in [6.45, 7) is 0. The summed E-state index contributed by atoms with van der Waals surface area (Å²) in [4.78, 5) is 14.4. The Bertz CT molecular complexity index is 799. The van der Waals surface area contributed by atoms with Crippen LogP contribution >= 0.6 is 22.9 Å². The van der Waals surface area contributed by atoms with Crippen LogP contribution in [-0.4, -0.2) is 24.5 Å². The Balaban J connectivity index is 2.23. The van der Waals surface area contributed by atoms with Crippen LogP contribution in [0.25, 0.3) is 6.08 Å². The van der Waals surface area contributed by atoms with Crippen molar-refractivity contribution in [2.45, 2.75) is 4.21 Å². The van der Waals surface area contributed by atoms with Crippen LogP contribution < -0.4 is 4.72 Å². The molecule has 0 radical (unpaired) electrons. The number of carbonyl (C=O) groups is 1. The fraction of sp³-hybridized carbons (Fsp3) is 0. The van der Waals surface area contributed by atoms with E-state index in [4.69, 9.17) is 16.7 Å². The summed E-state index contributed by atoms with van der Waals surface area (Å²) in [5, 5.41) is 8.54. The van der Waals surface area contributed by atoms with Crippen LogP contribution in [0.5, 0.6) is 0 Å². The summed E-state index contributed by atoms with van der Waals surface area (Å²) in [7, 11) is -3.76. The molecule has 0 spiro atoms. The normalized spacial score (nSPS) is 11.7. The van der Waals surface area contributed by atoms with Crippen LogP contribution in [0, 0.1) is 0 Å². The van der Waals surface area contributed by atoms with Gasteiger partial charge in [0.25, 0.3) is 10.0 Å². The number of pyridine rings is 1. The van der Waals surface area contributed by atoms with Crippen LogP contribution in [-0.2, 0) is 14.8 Å². The minimum Gasteiger partial charge on any atom is -0.478 e. The first-order valence-electron chi connectivity index (χ1n) is 5.53. The fourth-order valence-electron chi connectivity index (χ4n) is 1.39. The first kappa shape index (κ1) is 15.5. The van der Waals surface area contributed by atoms with Crippen molar-refractivity contribution in [3.63, 3.8) is 0 Å². The molecule has 0 bridgehead atoms. The highest BCUT2D eigenvalue weighted by Gasteiger charge is 2.17. The molecule has 21 heavy (non-hydrogen) atoms.